The maximum Gasteiger partial charge on any atom is 0.303 e. The van der Waals surface area contributed by atoms with Crippen molar-refractivity contribution in [2.24, 2.45) is 0 Å². The Morgan fingerprint density at radius 3 is 2.82 bits per heavy atom. The summed E-state index contributed by atoms with van der Waals surface area (Å²) >= 11 is 0. The fourth-order valence-electron chi connectivity index (χ4n) is 2.78. The van der Waals surface area contributed by atoms with E-state index in [1.807, 2.05) is 0 Å². The molecule has 1 aliphatic heterocycles. The van der Waals surface area contributed by atoms with Gasteiger partial charge in [-0.05, 0) is 45.2 Å². The van der Waals surface area contributed by atoms with Crippen LogP contribution in [0.5, 0.6) is 0 Å². The highest BCUT2D eigenvalue weighted by Gasteiger charge is 2.20. The van der Waals surface area contributed by atoms with E-state index >= 15 is 0 Å². The van der Waals surface area contributed by atoms with Gasteiger partial charge < -0.3 is 10.0 Å². The maximum atomic E-state index is 10.4. The zero-order valence-electron chi connectivity index (χ0n) is 11.2. The van der Waals surface area contributed by atoms with Crippen LogP contribution in [-0.2, 0) is 4.79 Å². The van der Waals surface area contributed by atoms with E-state index < -0.39 is 5.97 Å². The first-order valence-electron chi connectivity index (χ1n) is 7.20. The molecule has 17 heavy (non-hydrogen) atoms. The highest BCUT2D eigenvalue weighted by atomic mass is 16.4. The van der Waals surface area contributed by atoms with Gasteiger partial charge in [0.1, 0.15) is 0 Å². The second kappa shape index (κ2) is 8.51. The minimum atomic E-state index is -0.660. The molecule has 0 spiro atoms. The van der Waals surface area contributed by atoms with Crippen LogP contribution in [0, 0.1) is 0 Å². The van der Waals surface area contributed by atoms with Gasteiger partial charge in [-0.15, -0.1) is 0 Å². The van der Waals surface area contributed by atoms with Crippen LogP contribution in [0.2, 0.25) is 0 Å². The lowest BCUT2D eigenvalue weighted by molar-refractivity contribution is -0.137. The van der Waals surface area contributed by atoms with Gasteiger partial charge in [-0.2, -0.15) is 0 Å². The Balaban J connectivity index is 2.12. The van der Waals surface area contributed by atoms with Crippen LogP contribution < -0.4 is 0 Å². The van der Waals surface area contributed by atoms with Gasteiger partial charge in [0.05, 0.1) is 0 Å². The van der Waals surface area contributed by atoms with Crippen molar-refractivity contribution < 1.29 is 9.90 Å². The molecule has 3 nitrogen and oxygen atoms in total. The summed E-state index contributed by atoms with van der Waals surface area (Å²) in [6.45, 7) is 4.69. The molecule has 0 aromatic carbocycles. The molecule has 1 aliphatic rings. The number of rotatable bonds is 8. The molecule has 0 radical (unpaired) electrons. The Morgan fingerprint density at radius 2 is 2.12 bits per heavy atom. The summed E-state index contributed by atoms with van der Waals surface area (Å²) in [7, 11) is 0. The fourth-order valence-corrected chi connectivity index (χ4v) is 2.78. The van der Waals surface area contributed by atoms with E-state index in [0.717, 1.165) is 25.3 Å². The topological polar surface area (TPSA) is 40.5 Å². The van der Waals surface area contributed by atoms with Crippen LogP contribution >= 0.6 is 0 Å². The van der Waals surface area contributed by atoms with E-state index in [4.69, 9.17) is 5.11 Å². The predicted octanol–water partition coefficient (Wildman–Crippen LogP) is 3.29. The van der Waals surface area contributed by atoms with Gasteiger partial charge in [0, 0.05) is 12.5 Å². The molecule has 0 aromatic heterocycles. The summed E-state index contributed by atoms with van der Waals surface area (Å²) in [5.74, 6) is -0.660. The van der Waals surface area contributed by atoms with Gasteiger partial charge in [0.25, 0.3) is 0 Å². The molecule has 1 rings (SSSR count). The Bertz CT molecular complexity index is 216. The molecule has 1 unspecified atom stereocenters. The number of hydrogen-bond acceptors (Lipinski definition) is 2. The van der Waals surface area contributed by atoms with Crippen molar-refractivity contribution in [3.63, 3.8) is 0 Å². The quantitative estimate of drug-likeness (QED) is 0.663. The van der Waals surface area contributed by atoms with Crippen LogP contribution in [0.1, 0.15) is 64.7 Å². The first-order valence-corrected chi connectivity index (χ1v) is 7.20. The van der Waals surface area contributed by atoms with Crippen molar-refractivity contribution in [2.75, 3.05) is 13.1 Å². The van der Waals surface area contributed by atoms with E-state index in [1.54, 1.807) is 0 Å². The smallest absolute Gasteiger partial charge is 0.303 e. The number of hydrogen-bond donors (Lipinski definition) is 1. The van der Waals surface area contributed by atoms with Gasteiger partial charge in [0.15, 0.2) is 0 Å². The molecule has 0 aromatic rings. The lowest BCUT2D eigenvalue weighted by atomic mass is 9.98. The van der Waals surface area contributed by atoms with Gasteiger partial charge in [-0.25, -0.2) is 0 Å². The molecule has 1 fully saturated rings. The Labute approximate surface area is 105 Å². The van der Waals surface area contributed by atoms with Crippen LogP contribution in [0.3, 0.4) is 0 Å². The summed E-state index contributed by atoms with van der Waals surface area (Å²) < 4.78 is 0. The monoisotopic (exact) mass is 241 g/mol. The fraction of sp³-hybridized carbons (Fsp3) is 0.929. The molecule has 1 heterocycles. The van der Waals surface area contributed by atoms with Crippen LogP contribution in [0.25, 0.3) is 0 Å². The zero-order valence-corrected chi connectivity index (χ0v) is 11.2. The molecular formula is C14H27NO2. The number of carboxylic acid groups (broad SMARTS) is 1. The highest BCUT2D eigenvalue weighted by molar-refractivity contribution is 5.66. The predicted molar refractivity (Wildman–Crippen MR) is 70.2 cm³/mol. The van der Waals surface area contributed by atoms with E-state index in [2.05, 4.69) is 11.8 Å². The maximum absolute atomic E-state index is 10.4. The summed E-state index contributed by atoms with van der Waals surface area (Å²) in [6, 6.07) is 0.799. The first kappa shape index (κ1) is 14.5. The summed E-state index contributed by atoms with van der Waals surface area (Å²) in [5, 5.41) is 8.56. The molecular weight excluding hydrogens is 214 g/mol. The van der Waals surface area contributed by atoms with Crippen molar-refractivity contribution in [3.05, 3.63) is 0 Å². The number of carbonyl (C=O) groups is 1. The number of aliphatic carboxylic acids is 1. The Morgan fingerprint density at radius 1 is 1.29 bits per heavy atom. The number of nitrogens with zero attached hydrogens (tertiary/aromatic N) is 1. The molecule has 0 bridgehead atoms. The van der Waals surface area contributed by atoms with Crippen molar-refractivity contribution in [3.8, 4) is 0 Å². The lowest BCUT2D eigenvalue weighted by Crippen LogP contribution is -2.39. The number of carboxylic acids is 1. The minimum absolute atomic E-state index is 0.332. The van der Waals surface area contributed by atoms with Gasteiger partial charge in [-0.3, -0.25) is 4.79 Å². The minimum Gasteiger partial charge on any atom is -0.481 e. The van der Waals surface area contributed by atoms with E-state index in [-0.39, 0.29) is 0 Å². The van der Waals surface area contributed by atoms with Gasteiger partial charge in [0.2, 0.25) is 0 Å². The Hall–Kier alpha value is -0.570. The van der Waals surface area contributed by atoms with Gasteiger partial charge in [-0.1, -0.05) is 26.2 Å². The first-order chi connectivity index (χ1) is 8.24. The van der Waals surface area contributed by atoms with Crippen LogP contribution in [-0.4, -0.2) is 35.1 Å². The molecule has 0 aliphatic carbocycles. The van der Waals surface area contributed by atoms with E-state index in [9.17, 15) is 4.79 Å². The van der Waals surface area contributed by atoms with E-state index in [0.29, 0.717) is 6.42 Å². The van der Waals surface area contributed by atoms with Crippen molar-refractivity contribution in [1.29, 1.82) is 0 Å². The highest BCUT2D eigenvalue weighted by Crippen LogP contribution is 2.21. The number of piperidine rings is 1. The number of likely N-dealkylation sites (tertiary alicyclic amines) is 1. The molecule has 3 heteroatoms. The molecule has 1 atom stereocenters. The SMILES string of the molecule is CCCC1CCCCN1CCCCCC(=O)O. The normalized spacial score (nSPS) is 21.6. The third-order valence-electron chi connectivity index (χ3n) is 3.71. The third-order valence-corrected chi connectivity index (χ3v) is 3.71. The van der Waals surface area contributed by atoms with Crippen LogP contribution in [0.15, 0.2) is 0 Å². The Kier molecular flexibility index (Phi) is 7.25. The van der Waals surface area contributed by atoms with Crippen molar-refractivity contribution in [2.45, 2.75) is 70.8 Å². The summed E-state index contributed by atoms with van der Waals surface area (Å²) in [6.07, 6.45) is 10.1. The van der Waals surface area contributed by atoms with Crippen LogP contribution in [0.4, 0.5) is 0 Å². The van der Waals surface area contributed by atoms with Crippen molar-refractivity contribution in [1.82, 2.24) is 4.90 Å². The average molecular weight is 241 g/mol. The molecule has 0 saturated carbocycles. The zero-order chi connectivity index (χ0) is 12.5. The molecule has 100 valence electrons. The average Bonchev–Trinajstić information content (AvgIpc) is 2.31. The largest absolute Gasteiger partial charge is 0.481 e. The second-order valence-corrected chi connectivity index (χ2v) is 5.18. The molecule has 1 saturated heterocycles. The summed E-state index contributed by atoms with van der Waals surface area (Å²) in [5.41, 5.74) is 0. The summed E-state index contributed by atoms with van der Waals surface area (Å²) in [4.78, 5) is 13.0. The third kappa shape index (κ3) is 6.06. The lowest BCUT2D eigenvalue weighted by Gasteiger charge is -2.35. The molecule has 0 amide bonds. The van der Waals surface area contributed by atoms with Crippen molar-refractivity contribution >= 4 is 5.97 Å². The van der Waals surface area contributed by atoms with Gasteiger partial charge >= 0.3 is 5.97 Å². The van der Waals surface area contributed by atoms with E-state index in [1.165, 1.54) is 45.2 Å². The molecule has 1 N–H and O–H groups in total. The second-order valence-electron chi connectivity index (χ2n) is 5.18. The number of unbranched alkanes of at least 4 members (excludes halogenated alkanes) is 2. The standard InChI is InChI=1S/C14H27NO2/c1-2-8-13-9-5-7-12-15(13)11-6-3-4-10-14(16)17/h13H,2-12H2,1H3,(H,16,17).